The average molecular weight is 249 g/mol. The number of nitrogens with two attached hydrogens (primary N) is 1. The van der Waals surface area contributed by atoms with Gasteiger partial charge in [-0.2, -0.15) is 0 Å². The first-order chi connectivity index (χ1) is 8.55. The lowest BCUT2D eigenvalue weighted by molar-refractivity contribution is -0.153. The number of carbonyl (C=O) groups is 2. The van der Waals surface area contributed by atoms with Gasteiger partial charge in [-0.1, -0.05) is 6.42 Å². The Hall–Kier alpha value is -2.11. The van der Waals surface area contributed by atoms with Crippen LogP contribution in [-0.2, 0) is 4.79 Å². The molecule has 1 aromatic rings. The predicted molar refractivity (Wildman–Crippen MR) is 65.2 cm³/mol. The SMILES string of the molecule is NC(=O)c1cccnc1NCC1(C(=O)O)CCC1. The molecule has 96 valence electrons. The number of carbonyl (C=O) groups excluding carboxylic acids is 1. The van der Waals surface area contributed by atoms with Crippen molar-refractivity contribution in [2.75, 3.05) is 11.9 Å². The number of aliphatic carboxylic acids is 1. The van der Waals surface area contributed by atoms with Crippen LogP contribution in [0.15, 0.2) is 18.3 Å². The number of rotatable bonds is 5. The van der Waals surface area contributed by atoms with Crippen LogP contribution in [0.2, 0.25) is 0 Å². The van der Waals surface area contributed by atoms with Gasteiger partial charge in [0.15, 0.2) is 0 Å². The molecule has 1 saturated carbocycles. The summed E-state index contributed by atoms with van der Waals surface area (Å²) >= 11 is 0. The molecule has 18 heavy (non-hydrogen) atoms. The fourth-order valence-corrected chi connectivity index (χ4v) is 2.07. The topological polar surface area (TPSA) is 105 Å². The lowest BCUT2D eigenvalue weighted by atomic mass is 9.69. The van der Waals surface area contributed by atoms with Crippen molar-refractivity contribution < 1.29 is 14.7 Å². The van der Waals surface area contributed by atoms with Crippen molar-refractivity contribution in [1.29, 1.82) is 0 Å². The Labute approximate surface area is 104 Å². The molecular formula is C12H15N3O3. The third kappa shape index (κ3) is 2.13. The summed E-state index contributed by atoms with van der Waals surface area (Å²) in [6, 6.07) is 3.17. The Balaban J connectivity index is 2.11. The number of hydrogen-bond donors (Lipinski definition) is 3. The summed E-state index contributed by atoms with van der Waals surface area (Å²) in [5.74, 6) is -1.04. The highest BCUT2D eigenvalue weighted by Crippen LogP contribution is 2.41. The van der Waals surface area contributed by atoms with E-state index in [1.807, 2.05) is 0 Å². The molecule has 1 aliphatic rings. The van der Waals surface area contributed by atoms with Gasteiger partial charge in [0.05, 0.1) is 11.0 Å². The number of pyridine rings is 1. The molecule has 0 atom stereocenters. The van der Waals surface area contributed by atoms with Gasteiger partial charge in [-0.25, -0.2) is 4.98 Å². The van der Waals surface area contributed by atoms with Crippen LogP contribution < -0.4 is 11.1 Å². The van der Waals surface area contributed by atoms with Crippen LogP contribution in [0.25, 0.3) is 0 Å². The molecule has 0 spiro atoms. The maximum absolute atomic E-state index is 11.2. The van der Waals surface area contributed by atoms with E-state index in [0.29, 0.717) is 18.7 Å². The van der Waals surface area contributed by atoms with Gasteiger partial charge in [-0.15, -0.1) is 0 Å². The van der Waals surface area contributed by atoms with Gasteiger partial charge in [-0.05, 0) is 25.0 Å². The van der Waals surface area contributed by atoms with Crippen molar-refractivity contribution in [3.05, 3.63) is 23.9 Å². The van der Waals surface area contributed by atoms with Crippen molar-refractivity contribution >= 4 is 17.7 Å². The first kappa shape index (κ1) is 12.3. The molecule has 6 heteroatoms. The highest BCUT2D eigenvalue weighted by atomic mass is 16.4. The molecule has 0 aliphatic heterocycles. The average Bonchev–Trinajstić information content (AvgIpc) is 2.27. The second-order valence-electron chi connectivity index (χ2n) is 4.56. The summed E-state index contributed by atoms with van der Waals surface area (Å²) in [5, 5.41) is 12.1. The van der Waals surface area contributed by atoms with Crippen LogP contribution in [0.4, 0.5) is 5.82 Å². The van der Waals surface area contributed by atoms with E-state index in [1.54, 1.807) is 12.1 Å². The third-order valence-electron chi connectivity index (χ3n) is 3.43. The van der Waals surface area contributed by atoms with Crippen molar-refractivity contribution in [3.63, 3.8) is 0 Å². The quantitative estimate of drug-likeness (QED) is 0.717. The summed E-state index contributed by atoms with van der Waals surface area (Å²) in [6.07, 6.45) is 3.74. The zero-order valence-electron chi connectivity index (χ0n) is 9.85. The van der Waals surface area contributed by atoms with E-state index in [0.717, 1.165) is 6.42 Å². The predicted octanol–water partition coefficient (Wildman–Crippen LogP) is 0.847. The van der Waals surface area contributed by atoms with Crippen LogP contribution in [0, 0.1) is 5.41 Å². The Morgan fingerprint density at radius 2 is 2.22 bits per heavy atom. The number of nitrogens with one attached hydrogen (secondary N) is 1. The zero-order chi connectivity index (χ0) is 13.2. The summed E-state index contributed by atoms with van der Waals surface area (Å²) in [7, 11) is 0. The Bertz CT molecular complexity index is 483. The van der Waals surface area contributed by atoms with Gasteiger partial charge in [0.2, 0.25) is 0 Å². The molecule has 1 aromatic heterocycles. The number of nitrogens with zero attached hydrogens (tertiary/aromatic N) is 1. The molecule has 6 nitrogen and oxygen atoms in total. The van der Waals surface area contributed by atoms with Gasteiger partial charge in [0.1, 0.15) is 5.82 Å². The van der Waals surface area contributed by atoms with Gasteiger partial charge >= 0.3 is 5.97 Å². The van der Waals surface area contributed by atoms with Gasteiger partial charge < -0.3 is 16.2 Å². The number of aromatic nitrogens is 1. The Morgan fingerprint density at radius 3 is 2.72 bits per heavy atom. The van der Waals surface area contributed by atoms with Gasteiger partial charge in [-0.3, -0.25) is 9.59 Å². The molecule has 0 bridgehead atoms. The molecule has 2 rings (SSSR count). The number of amides is 1. The standard InChI is InChI=1S/C12H15N3O3/c13-9(16)8-3-1-6-14-10(8)15-7-12(11(17)18)4-2-5-12/h1,3,6H,2,4-5,7H2,(H2,13,16)(H,14,15)(H,17,18). The normalized spacial score (nSPS) is 16.7. The lowest BCUT2D eigenvalue weighted by Gasteiger charge is -2.37. The molecular weight excluding hydrogens is 234 g/mol. The number of primary amides is 1. The molecule has 0 saturated heterocycles. The smallest absolute Gasteiger partial charge is 0.311 e. The van der Waals surface area contributed by atoms with Crippen LogP contribution in [0.1, 0.15) is 29.6 Å². The van der Waals surface area contributed by atoms with Crippen LogP contribution in [0.3, 0.4) is 0 Å². The third-order valence-corrected chi connectivity index (χ3v) is 3.43. The van der Waals surface area contributed by atoms with E-state index in [9.17, 15) is 14.7 Å². The van der Waals surface area contributed by atoms with E-state index in [1.165, 1.54) is 6.20 Å². The molecule has 1 amide bonds. The lowest BCUT2D eigenvalue weighted by Crippen LogP contribution is -2.44. The second kappa shape index (κ2) is 4.64. The first-order valence-electron chi connectivity index (χ1n) is 5.77. The monoisotopic (exact) mass is 249 g/mol. The summed E-state index contributed by atoms with van der Waals surface area (Å²) in [5.41, 5.74) is 4.77. The van der Waals surface area contributed by atoms with Crippen molar-refractivity contribution in [3.8, 4) is 0 Å². The van der Waals surface area contributed by atoms with E-state index in [-0.39, 0.29) is 12.1 Å². The van der Waals surface area contributed by atoms with Crippen molar-refractivity contribution in [2.45, 2.75) is 19.3 Å². The second-order valence-corrected chi connectivity index (χ2v) is 4.56. The highest BCUT2D eigenvalue weighted by molar-refractivity contribution is 5.97. The van der Waals surface area contributed by atoms with Crippen molar-refractivity contribution in [2.24, 2.45) is 11.1 Å². The van der Waals surface area contributed by atoms with E-state index >= 15 is 0 Å². The fraction of sp³-hybridized carbons (Fsp3) is 0.417. The summed E-state index contributed by atoms with van der Waals surface area (Å²) in [6.45, 7) is 0.264. The molecule has 1 fully saturated rings. The number of hydrogen-bond acceptors (Lipinski definition) is 4. The van der Waals surface area contributed by atoms with Crippen molar-refractivity contribution in [1.82, 2.24) is 4.98 Å². The number of anilines is 1. The summed E-state index contributed by atoms with van der Waals surface area (Å²) < 4.78 is 0. The largest absolute Gasteiger partial charge is 0.481 e. The number of carboxylic acids is 1. The first-order valence-corrected chi connectivity index (χ1v) is 5.77. The molecule has 1 heterocycles. The molecule has 1 aliphatic carbocycles. The van der Waals surface area contributed by atoms with E-state index in [2.05, 4.69) is 10.3 Å². The minimum atomic E-state index is -0.808. The van der Waals surface area contributed by atoms with Crippen LogP contribution >= 0.6 is 0 Å². The van der Waals surface area contributed by atoms with E-state index < -0.39 is 17.3 Å². The molecule has 0 radical (unpaired) electrons. The Kier molecular flexibility index (Phi) is 3.18. The maximum atomic E-state index is 11.2. The van der Waals surface area contributed by atoms with Crippen LogP contribution in [0.5, 0.6) is 0 Å². The maximum Gasteiger partial charge on any atom is 0.311 e. The van der Waals surface area contributed by atoms with Crippen LogP contribution in [-0.4, -0.2) is 28.5 Å². The highest BCUT2D eigenvalue weighted by Gasteiger charge is 2.44. The molecule has 0 aromatic carbocycles. The minimum Gasteiger partial charge on any atom is -0.481 e. The summed E-state index contributed by atoms with van der Waals surface area (Å²) in [4.78, 5) is 26.4. The fourth-order valence-electron chi connectivity index (χ4n) is 2.07. The van der Waals surface area contributed by atoms with Gasteiger partial charge in [0.25, 0.3) is 5.91 Å². The number of carboxylic acid groups (broad SMARTS) is 1. The Morgan fingerprint density at radius 1 is 1.50 bits per heavy atom. The molecule has 4 N–H and O–H groups in total. The molecule has 0 unspecified atom stereocenters. The van der Waals surface area contributed by atoms with Gasteiger partial charge in [0, 0.05) is 12.7 Å². The minimum absolute atomic E-state index is 0.264. The zero-order valence-corrected chi connectivity index (χ0v) is 9.85. The van der Waals surface area contributed by atoms with E-state index in [4.69, 9.17) is 5.73 Å².